The summed E-state index contributed by atoms with van der Waals surface area (Å²) in [7, 11) is 1.87. The number of carboxylic acids is 1. The van der Waals surface area contributed by atoms with Gasteiger partial charge < -0.3 is 20.6 Å². The molecule has 19 heavy (non-hydrogen) atoms. The Morgan fingerprint density at radius 3 is 3.00 bits per heavy atom. The second kappa shape index (κ2) is 5.71. The van der Waals surface area contributed by atoms with Crippen LogP contribution in [-0.4, -0.2) is 43.7 Å². The van der Waals surface area contributed by atoms with Crippen LogP contribution in [0.5, 0.6) is 0 Å². The van der Waals surface area contributed by atoms with Gasteiger partial charge in [0.05, 0.1) is 23.5 Å². The molecule has 1 aromatic carbocycles. The van der Waals surface area contributed by atoms with Gasteiger partial charge >= 0.3 is 5.97 Å². The lowest BCUT2D eigenvalue weighted by Gasteiger charge is -2.31. The van der Waals surface area contributed by atoms with Gasteiger partial charge in [-0.1, -0.05) is 0 Å². The average molecular weight is 263 g/mol. The standard InChI is InChI=1S/C13H17N3O3/c1-14-5-2-6-16-8-12(17)15-10-4-3-9(13(18)19)7-11(10)16/h3-4,7,14H,2,5-6,8H2,1H3,(H,15,17)(H,18,19). The van der Waals surface area contributed by atoms with Gasteiger partial charge in [-0.2, -0.15) is 0 Å². The Bertz CT molecular complexity index is 502. The third-order valence-corrected chi connectivity index (χ3v) is 3.05. The minimum absolute atomic E-state index is 0.0694. The van der Waals surface area contributed by atoms with E-state index in [1.54, 1.807) is 12.1 Å². The summed E-state index contributed by atoms with van der Waals surface area (Å²) in [6.45, 7) is 1.83. The molecule has 1 amide bonds. The van der Waals surface area contributed by atoms with E-state index in [9.17, 15) is 9.59 Å². The molecule has 0 saturated heterocycles. The van der Waals surface area contributed by atoms with Crippen LogP contribution in [0.15, 0.2) is 18.2 Å². The molecule has 1 heterocycles. The van der Waals surface area contributed by atoms with Crippen LogP contribution in [0.25, 0.3) is 0 Å². The molecule has 0 aromatic heterocycles. The number of nitrogens with zero attached hydrogens (tertiary/aromatic N) is 1. The van der Waals surface area contributed by atoms with Crippen molar-refractivity contribution in [3.63, 3.8) is 0 Å². The smallest absolute Gasteiger partial charge is 0.335 e. The predicted molar refractivity (Wildman–Crippen MR) is 72.8 cm³/mol. The van der Waals surface area contributed by atoms with Gasteiger partial charge in [-0.15, -0.1) is 0 Å². The molecule has 3 N–H and O–H groups in total. The van der Waals surface area contributed by atoms with E-state index in [-0.39, 0.29) is 18.0 Å². The minimum Gasteiger partial charge on any atom is -0.478 e. The van der Waals surface area contributed by atoms with Gasteiger partial charge in [0.2, 0.25) is 5.91 Å². The Labute approximate surface area is 111 Å². The zero-order valence-electron chi connectivity index (χ0n) is 10.8. The molecule has 0 bridgehead atoms. The number of anilines is 2. The van der Waals surface area contributed by atoms with E-state index < -0.39 is 5.97 Å². The molecular weight excluding hydrogens is 246 g/mol. The molecule has 1 aliphatic heterocycles. The van der Waals surface area contributed by atoms with Gasteiger partial charge in [-0.3, -0.25) is 4.79 Å². The lowest BCUT2D eigenvalue weighted by molar-refractivity contribution is -0.115. The molecule has 0 spiro atoms. The first kappa shape index (κ1) is 13.4. The number of benzene rings is 1. The molecule has 0 unspecified atom stereocenters. The SMILES string of the molecule is CNCCCN1CC(=O)Nc2ccc(C(=O)O)cc21. The third-order valence-electron chi connectivity index (χ3n) is 3.05. The summed E-state index contributed by atoms with van der Waals surface area (Å²) in [5, 5.41) is 14.8. The summed E-state index contributed by atoms with van der Waals surface area (Å²) in [5.41, 5.74) is 1.68. The van der Waals surface area contributed by atoms with Crippen molar-refractivity contribution in [2.45, 2.75) is 6.42 Å². The largest absolute Gasteiger partial charge is 0.478 e. The molecule has 102 valence electrons. The maximum atomic E-state index is 11.6. The van der Waals surface area contributed by atoms with E-state index in [2.05, 4.69) is 10.6 Å². The van der Waals surface area contributed by atoms with Crippen molar-refractivity contribution in [3.8, 4) is 0 Å². The Morgan fingerprint density at radius 2 is 2.32 bits per heavy atom. The number of hydrogen-bond acceptors (Lipinski definition) is 4. The lowest BCUT2D eigenvalue weighted by Crippen LogP contribution is -2.39. The van der Waals surface area contributed by atoms with E-state index in [1.807, 2.05) is 11.9 Å². The number of rotatable bonds is 5. The van der Waals surface area contributed by atoms with Crippen molar-refractivity contribution in [2.24, 2.45) is 0 Å². The average Bonchev–Trinajstić information content (AvgIpc) is 2.38. The van der Waals surface area contributed by atoms with Gasteiger partial charge in [-0.25, -0.2) is 4.79 Å². The maximum Gasteiger partial charge on any atom is 0.335 e. The summed E-state index contributed by atoms with van der Waals surface area (Å²) in [5.74, 6) is -1.03. The molecule has 0 radical (unpaired) electrons. The fourth-order valence-corrected chi connectivity index (χ4v) is 2.13. The topological polar surface area (TPSA) is 81.7 Å². The number of nitrogens with one attached hydrogen (secondary N) is 2. The molecule has 2 rings (SSSR count). The highest BCUT2D eigenvalue weighted by Crippen LogP contribution is 2.30. The molecule has 1 aromatic rings. The first-order valence-corrected chi connectivity index (χ1v) is 6.18. The quantitative estimate of drug-likeness (QED) is 0.683. The molecule has 0 fully saturated rings. The minimum atomic E-state index is -0.963. The van der Waals surface area contributed by atoms with Crippen molar-refractivity contribution < 1.29 is 14.7 Å². The third kappa shape index (κ3) is 3.03. The monoisotopic (exact) mass is 263 g/mol. The van der Waals surface area contributed by atoms with Gasteiger partial charge in [-0.05, 0) is 38.2 Å². The number of fused-ring (bicyclic) bond motifs is 1. The number of hydrogen-bond donors (Lipinski definition) is 3. The zero-order valence-corrected chi connectivity index (χ0v) is 10.8. The van der Waals surface area contributed by atoms with Crippen LogP contribution in [0.3, 0.4) is 0 Å². The van der Waals surface area contributed by atoms with Crippen molar-refractivity contribution in [2.75, 3.05) is 36.9 Å². The Balaban J connectivity index is 2.25. The van der Waals surface area contributed by atoms with Crippen LogP contribution in [0.2, 0.25) is 0 Å². The summed E-state index contributed by atoms with van der Waals surface area (Å²) >= 11 is 0. The van der Waals surface area contributed by atoms with Crippen LogP contribution >= 0.6 is 0 Å². The number of carbonyl (C=O) groups excluding carboxylic acids is 1. The summed E-state index contributed by atoms with van der Waals surface area (Å²) in [6, 6.07) is 4.75. The fourth-order valence-electron chi connectivity index (χ4n) is 2.13. The lowest BCUT2D eigenvalue weighted by atomic mass is 10.1. The first-order valence-electron chi connectivity index (χ1n) is 6.18. The summed E-state index contributed by atoms with van der Waals surface area (Å²) < 4.78 is 0. The van der Waals surface area contributed by atoms with Crippen molar-refractivity contribution in [3.05, 3.63) is 23.8 Å². The van der Waals surface area contributed by atoms with Crippen LogP contribution in [0.4, 0.5) is 11.4 Å². The molecule has 1 aliphatic rings. The van der Waals surface area contributed by atoms with E-state index in [4.69, 9.17) is 5.11 Å². The summed E-state index contributed by atoms with van der Waals surface area (Å²) in [4.78, 5) is 24.5. The molecule has 0 aliphatic carbocycles. The van der Waals surface area contributed by atoms with Crippen molar-refractivity contribution in [1.82, 2.24) is 5.32 Å². The van der Waals surface area contributed by atoms with Gasteiger partial charge in [0.25, 0.3) is 0 Å². The highest BCUT2D eigenvalue weighted by molar-refractivity contribution is 6.02. The van der Waals surface area contributed by atoms with Crippen molar-refractivity contribution >= 4 is 23.3 Å². The van der Waals surface area contributed by atoms with E-state index >= 15 is 0 Å². The molecule has 6 heteroatoms. The molecule has 0 atom stereocenters. The molecule has 0 saturated carbocycles. The Kier molecular flexibility index (Phi) is 4.01. The summed E-state index contributed by atoms with van der Waals surface area (Å²) in [6.07, 6.45) is 0.889. The van der Waals surface area contributed by atoms with Crippen LogP contribution in [0, 0.1) is 0 Å². The predicted octanol–water partition coefficient (Wildman–Crippen LogP) is 0.753. The Hall–Kier alpha value is -2.08. The highest BCUT2D eigenvalue weighted by atomic mass is 16.4. The van der Waals surface area contributed by atoms with E-state index in [0.717, 1.165) is 18.7 Å². The number of carbonyl (C=O) groups is 2. The van der Waals surface area contributed by atoms with Crippen LogP contribution in [0.1, 0.15) is 16.8 Å². The molecule has 6 nitrogen and oxygen atoms in total. The van der Waals surface area contributed by atoms with Crippen LogP contribution in [-0.2, 0) is 4.79 Å². The van der Waals surface area contributed by atoms with Gasteiger partial charge in [0, 0.05) is 6.54 Å². The maximum absolute atomic E-state index is 11.6. The highest BCUT2D eigenvalue weighted by Gasteiger charge is 2.22. The zero-order chi connectivity index (χ0) is 13.8. The van der Waals surface area contributed by atoms with Crippen LogP contribution < -0.4 is 15.5 Å². The van der Waals surface area contributed by atoms with E-state index in [1.165, 1.54) is 6.07 Å². The fraction of sp³-hybridized carbons (Fsp3) is 0.385. The van der Waals surface area contributed by atoms with Gasteiger partial charge in [0.15, 0.2) is 0 Å². The van der Waals surface area contributed by atoms with Gasteiger partial charge in [0.1, 0.15) is 0 Å². The normalized spacial score (nSPS) is 13.9. The molecular formula is C13H17N3O3. The number of aromatic carboxylic acids is 1. The second-order valence-electron chi connectivity index (χ2n) is 4.46. The number of amides is 1. The van der Waals surface area contributed by atoms with Crippen molar-refractivity contribution in [1.29, 1.82) is 0 Å². The first-order chi connectivity index (χ1) is 9.11. The second-order valence-corrected chi connectivity index (χ2v) is 4.46. The van der Waals surface area contributed by atoms with E-state index in [0.29, 0.717) is 12.2 Å². The Morgan fingerprint density at radius 1 is 1.53 bits per heavy atom. The number of carboxylic acid groups (broad SMARTS) is 1.